The highest BCUT2D eigenvalue weighted by molar-refractivity contribution is 5.83. The molecule has 24 heavy (non-hydrogen) atoms. The fourth-order valence-corrected chi connectivity index (χ4v) is 2.95. The van der Waals surface area contributed by atoms with Crippen molar-refractivity contribution in [2.75, 3.05) is 0 Å². The lowest BCUT2D eigenvalue weighted by Crippen LogP contribution is -2.21. The minimum absolute atomic E-state index is 0.0470. The third-order valence-electron chi connectivity index (χ3n) is 4.13. The molecule has 0 aliphatic heterocycles. The number of aryl methyl sites for hydroxylation is 1. The Labute approximate surface area is 136 Å². The zero-order valence-corrected chi connectivity index (χ0v) is 12.8. The van der Waals surface area contributed by atoms with Gasteiger partial charge in [-0.05, 0) is 37.3 Å². The SMILES string of the molecule is Cc1ccc(-n2c(=O)c3cccn3c3ccc([N+](=O)[O-])cc32)cc1. The molecule has 2 heterocycles. The number of fused-ring (bicyclic) bond motifs is 3. The van der Waals surface area contributed by atoms with Gasteiger partial charge in [0.05, 0.1) is 16.0 Å². The Morgan fingerprint density at radius 3 is 2.42 bits per heavy atom. The smallest absolute Gasteiger partial charge is 0.279 e. The summed E-state index contributed by atoms with van der Waals surface area (Å²) >= 11 is 0. The molecule has 0 saturated heterocycles. The van der Waals surface area contributed by atoms with Crippen LogP contribution >= 0.6 is 0 Å². The highest BCUT2D eigenvalue weighted by Gasteiger charge is 2.15. The number of non-ortho nitro benzene ring substituents is 1. The Morgan fingerprint density at radius 2 is 1.71 bits per heavy atom. The molecule has 0 N–H and O–H groups in total. The molecular formula is C18H13N3O3. The summed E-state index contributed by atoms with van der Waals surface area (Å²) in [4.78, 5) is 23.6. The Morgan fingerprint density at radius 1 is 0.958 bits per heavy atom. The summed E-state index contributed by atoms with van der Waals surface area (Å²) in [6.07, 6.45) is 1.78. The second kappa shape index (κ2) is 5.06. The van der Waals surface area contributed by atoms with Crippen LogP contribution in [0.5, 0.6) is 0 Å². The predicted octanol–water partition coefficient (Wildman–Crippen LogP) is 3.46. The minimum atomic E-state index is -0.455. The summed E-state index contributed by atoms with van der Waals surface area (Å²) in [5.41, 5.74) is 3.26. The molecular weight excluding hydrogens is 306 g/mol. The minimum Gasteiger partial charge on any atom is -0.310 e. The molecule has 0 spiro atoms. The molecule has 0 aliphatic carbocycles. The first-order chi connectivity index (χ1) is 11.6. The van der Waals surface area contributed by atoms with Crippen LogP contribution in [0.4, 0.5) is 5.69 Å². The molecule has 2 aromatic heterocycles. The van der Waals surface area contributed by atoms with Crippen LogP contribution in [0.1, 0.15) is 5.56 Å². The first-order valence-electron chi connectivity index (χ1n) is 7.43. The molecule has 2 aromatic carbocycles. The molecule has 0 aliphatic rings. The van der Waals surface area contributed by atoms with Gasteiger partial charge in [-0.15, -0.1) is 0 Å². The van der Waals surface area contributed by atoms with Gasteiger partial charge in [-0.25, -0.2) is 0 Å². The molecule has 0 amide bonds. The summed E-state index contributed by atoms with van der Waals surface area (Å²) in [5, 5.41) is 11.1. The van der Waals surface area contributed by atoms with E-state index in [9.17, 15) is 14.9 Å². The molecule has 0 unspecified atom stereocenters. The average Bonchev–Trinajstić information content (AvgIpc) is 3.06. The normalized spacial score (nSPS) is 11.2. The molecule has 118 valence electrons. The van der Waals surface area contributed by atoms with E-state index in [0.29, 0.717) is 16.7 Å². The van der Waals surface area contributed by atoms with Crippen molar-refractivity contribution in [3.63, 3.8) is 0 Å². The van der Waals surface area contributed by atoms with Gasteiger partial charge < -0.3 is 4.40 Å². The van der Waals surface area contributed by atoms with E-state index >= 15 is 0 Å². The van der Waals surface area contributed by atoms with E-state index in [4.69, 9.17) is 0 Å². The van der Waals surface area contributed by atoms with E-state index in [1.807, 2.05) is 31.2 Å². The van der Waals surface area contributed by atoms with Crippen LogP contribution < -0.4 is 5.56 Å². The maximum Gasteiger partial charge on any atom is 0.279 e. The van der Waals surface area contributed by atoms with Gasteiger partial charge in [0.1, 0.15) is 5.52 Å². The number of hydrogen-bond acceptors (Lipinski definition) is 3. The Kier molecular flexibility index (Phi) is 2.99. The zero-order valence-electron chi connectivity index (χ0n) is 12.8. The fraction of sp³-hybridized carbons (Fsp3) is 0.0556. The van der Waals surface area contributed by atoms with Crippen LogP contribution in [0.3, 0.4) is 0 Å². The van der Waals surface area contributed by atoms with Gasteiger partial charge in [0.15, 0.2) is 0 Å². The van der Waals surface area contributed by atoms with Crippen LogP contribution in [0.15, 0.2) is 65.6 Å². The number of rotatable bonds is 2. The van der Waals surface area contributed by atoms with Crippen LogP contribution in [0, 0.1) is 17.0 Å². The summed E-state index contributed by atoms with van der Waals surface area (Å²) in [6, 6.07) is 15.6. The van der Waals surface area contributed by atoms with Crippen molar-refractivity contribution in [1.29, 1.82) is 0 Å². The highest BCUT2D eigenvalue weighted by atomic mass is 16.6. The number of hydrogen-bond donors (Lipinski definition) is 0. The second-order valence-corrected chi connectivity index (χ2v) is 5.67. The largest absolute Gasteiger partial charge is 0.310 e. The third-order valence-corrected chi connectivity index (χ3v) is 4.13. The molecule has 0 bridgehead atoms. The van der Waals surface area contributed by atoms with E-state index in [2.05, 4.69) is 0 Å². The Bertz CT molecular complexity index is 1150. The standard InChI is InChI=1S/C18H13N3O3/c1-12-4-6-13(7-5-12)20-17-11-14(21(23)24)8-9-15(17)19-10-2-3-16(19)18(20)22/h2-11H,1H3. The lowest BCUT2D eigenvalue weighted by atomic mass is 10.2. The van der Waals surface area contributed by atoms with Crippen molar-refractivity contribution < 1.29 is 4.92 Å². The number of nitro benzene ring substituents is 1. The third kappa shape index (κ3) is 2.00. The first kappa shape index (κ1) is 14.2. The molecule has 6 heteroatoms. The van der Waals surface area contributed by atoms with Gasteiger partial charge in [0.2, 0.25) is 0 Å². The van der Waals surface area contributed by atoms with E-state index in [1.54, 1.807) is 28.8 Å². The summed E-state index contributed by atoms with van der Waals surface area (Å²) in [5.74, 6) is 0. The predicted molar refractivity (Wildman–Crippen MR) is 91.9 cm³/mol. The number of benzene rings is 2. The van der Waals surface area contributed by atoms with Crippen LogP contribution in [-0.4, -0.2) is 13.9 Å². The van der Waals surface area contributed by atoms with Gasteiger partial charge in [-0.3, -0.25) is 19.5 Å². The second-order valence-electron chi connectivity index (χ2n) is 5.67. The van der Waals surface area contributed by atoms with Crippen molar-refractivity contribution in [2.45, 2.75) is 6.92 Å². The van der Waals surface area contributed by atoms with Crippen LogP contribution in [-0.2, 0) is 0 Å². The first-order valence-corrected chi connectivity index (χ1v) is 7.43. The molecule has 6 nitrogen and oxygen atoms in total. The topological polar surface area (TPSA) is 69.5 Å². The summed E-state index contributed by atoms with van der Waals surface area (Å²) < 4.78 is 3.28. The van der Waals surface area contributed by atoms with Crippen molar-refractivity contribution in [2.24, 2.45) is 0 Å². The lowest BCUT2D eigenvalue weighted by Gasteiger charge is -2.13. The zero-order chi connectivity index (χ0) is 16.8. The van der Waals surface area contributed by atoms with Gasteiger partial charge >= 0.3 is 0 Å². The fourth-order valence-electron chi connectivity index (χ4n) is 2.95. The van der Waals surface area contributed by atoms with Crippen LogP contribution in [0.25, 0.3) is 22.2 Å². The molecule has 0 fully saturated rings. The molecule has 4 rings (SSSR count). The van der Waals surface area contributed by atoms with Crippen molar-refractivity contribution in [3.8, 4) is 5.69 Å². The Hall–Kier alpha value is -3.41. The number of nitro groups is 1. The monoisotopic (exact) mass is 319 g/mol. The maximum absolute atomic E-state index is 12.9. The van der Waals surface area contributed by atoms with Crippen molar-refractivity contribution in [3.05, 3.63) is 86.8 Å². The summed E-state index contributed by atoms with van der Waals surface area (Å²) in [7, 11) is 0. The van der Waals surface area contributed by atoms with E-state index in [0.717, 1.165) is 11.1 Å². The number of aromatic nitrogens is 2. The van der Waals surface area contributed by atoms with Crippen molar-refractivity contribution >= 4 is 22.2 Å². The van der Waals surface area contributed by atoms with Gasteiger partial charge in [0, 0.05) is 24.0 Å². The van der Waals surface area contributed by atoms with E-state index in [1.165, 1.54) is 16.7 Å². The molecule has 0 saturated carbocycles. The quantitative estimate of drug-likeness (QED) is 0.420. The van der Waals surface area contributed by atoms with Crippen LogP contribution in [0.2, 0.25) is 0 Å². The van der Waals surface area contributed by atoms with E-state index < -0.39 is 4.92 Å². The van der Waals surface area contributed by atoms with Gasteiger partial charge in [-0.2, -0.15) is 0 Å². The summed E-state index contributed by atoms with van der Waals surface area (Å²) in [6.45, 7) is 1.96. The average molecular weight is 319 g/mol. The van der Waals surface area contributed by atoms with Gasteiger partial charge in [-0.1, -0.05) is 17.7 Å². The highest BCUT2D eigenvalue weighted by Crippen LogP contribution is 2.23. The molecule has 4 aromatic rings. The van der Waals surface area contributed by atoms with E-state index in [-0.39, 0.29) is 11.2 Å². The molecule has 0 radical (unpaired) electrons. The Balaban J connectivity index is 2.20. The number of nitrogens with zero attached hydrogens (tertiary/aromatic N) is 3. The van der Waals surface area contributed by atoms with Crippen molar-refractivity contribution in [1.82, 2.24) is 8.97 Å². The maximum atomic E-state index is 12.9. The molecule has 0 atom stereocenters. The van der Waals surface area contributed by atoms with Gasteiger partial charge in [0.25, 0.3) is 11.2 Å². The lowest BCUT2D eigenvalue weighted by molar-refractivity contribution is -0.384.